The van der Waals surface area contributed by atoms with Crippen LogP contribution >= 0.6 is 11.6 Å². The topological polar surface area (TPSA) is 38.3 Å². The second-order valence-corrected chi connectivity index (χ2v) is 5.54. The molecule has 0 radical (unpaired) electrons. The Morgan fingerprint density at radius 1 is 1.24 bits per heavy atom. The second kappa shape index (κ2) is 6.60. The Labute approximate surface area is 108 Å². The van der Waals surface area contributed by atoms with Gasteiger partial charge in [-0.05, 0) is 31.6 Å². The van der Waals surface area contributed by atoms with E-state index in [1.165, 1.54) is 12.8 Å². The molecule has 1 saturated heterocycles. The van der Waals surface area contributed by atoms with Gasteiger partial charge in [0.1, 0.15) is 0 Å². The predicted molar refractivity (Wildman–Crippen MR) is 68.2 cm³/mol. The van der Waals surface area contributed by atoms with Crippen molar-refractivity contribution in [2.24, 2.45) is 11.8 Å². The van der Waals surface area contributed by atoms with E-state index in [1.807, 2.05) is 0 Å². The number of hydrogen-bond donors (Lipinski definition) is 1. The van der Waals surface area contributed by atoms with Gasteiger partial charge in [-0.25, -0.2) is 0 Å². The SMILES string of the molecule is O=C(NC1CCCCC1CCl)C1CCCOC1. The first-order valence-electron chi connectivity index (χ1n) is 6.75. The number of ether oxygens (including phenoxy) is 1. The van der Waals surface area contributed by atoms with Crippen molar-refractivity contribution in [3.63, 3.8) is 0 Å². The van der Waals surface area contributed by atoms with E-state index in [2.05, 4.69) is 5.32 Å². The van der Waals surface area contributed by atoms with Crippen LogP contribution in [0.5, 0.6) is 0 Å². The molecule has 2 rings (SSSR count). The summed E-state index contributed by atoms with van der Waals surface area (Å²) in [6.45, 7) is 1.39. The molecule has 98 valence electrons. The zero-order valence-electron chi connectivity index (χ0n) is 10.3. The smallest absolute Gasteiger partial charge is 0.225 e. The fourth-order valence-electron chi connectivity index (χ4n) is 2.83. The fourth-order valence-corrected chi connectivity index (χ4v) is 3.20. The summed E-state index contributed by atoms with van der Waals surface area (Å²) < 4.78 is 5.36. The van der Waals surface area contributed by atoms with E-state index in [0.717, 1.165) is 32.3 Å². The Morgan fingerprint density at radius 2 is 2.06 bits per heavy atom. The standard InChI is InChI=1S/C13H22ClNO2/c14-8-10-4-1-2-6-12(10)15-13(16)11-5-3-7-17-9-11/h10-12H,1-9H2,(H,15,16). The van der Waals surface area contributed by atoms with Crippen LogP contribution in [0, 0.1) is 11.8 Å². The highest BCUT2D eigenvalue weighted by atomic mass is 35.5. The molecule has 3 nitrogen and oxygen atoms in total. The number of carbonyl (C=O) groups excluding carboxylic acids is 1. The third-order valence-corrected chi connectivity index (χ3v) is 4.36. The van der Waals surface area contributed by atoms with Crippen LogP contribution in [0.1, 0.15) is 38.5 Å². The summed E-state index contributed by atoms with van der Waals surface area (Å²) in [7, 11) is 0. The van der Waals surface area contributed by atoms with Gasteiger partial charge >= 0.3 is 0 Å². The fraction of sp³-hybridized carbons (Fsp3) is 0.923. The maximum absolute atomic E-state index is 12.1. The van der Waals surface area contributed by atoms with E-state index in [-0.39, 0.29) is 17.9 Å². The van der Waals surface area contributed by atoms with Crippen LogP contribution < -0.4 is 5.32 Å². The van der Waals surface area contributed by atoms with E-state index in [4.69, 9.17) is 16.3 Å². The number of halogens is 1. The Bertz CT molecular complexity index is 254. The summed E-state index contributed by atoms with van der Waals surface area (Å²) in [5.74, 6) is 1.35. The summed E-state index contributed by atoms with van der Waals surface area (Å²) in [5, 5.41) is 3.19. The van der Waals surface area contributed by atoms with Crippen LogP contribution in [0.2, 0.25) is 0 Å². The molecule has 17 heavy (non-hydrogen) atoms. The molecule has 3 atom stereocenters. The van der Waals surface area contributed by atoms with Crippen molar-refractivity contribution in [3.8, 4) is 0 Å². The first-order chi connectivity index (χ1) is 8.31. The van der Waals surface area contributed by atoms with Gasteiger partial charge < -0.3 is 10.1 Å². The molecular weight excluding hydrogens is 238 g/mol. The third-order valence-electron chi connectivity index (χ3n) is 3.97. The lowest BCUT2D eigenvalue weighted by atomic mass is 9.85. The van der Waals surface area contributed by atoms with E-state index < -0.39 is 0 Å². The highest BCUT2D eigenvalue weighted by Crippen LogP contribution is 2.26. The molecule has 2 aliphatic rings. The minimum absolute atomic E-state index is 0.0571. The third kappa shape index (κ3) is 3.59. The van der Waals surface area contributed by atoms with Crippen LogP contribution in [-0.2, 0) is 9.53 Å². The van der Waals surface area contributed by atoms with Crippen LogP contribution in [-0.4, -0.2) is 31.0 Å². The lowest BCUT2D eigenvalue weighted by Crippen LogP contribution is -2.46. The number of carbonyl (C=O) groups is 1. The van der Waals surface area contributed by atoms with Crippen molar-refractivity contribution in [1.82, 2.24) is 5.32 Å². The van der Waals surface area contributed by atoms with Crippen molar-refractivity contribution >= 4 is 17.5 Å². The lowest BCUT2D eigenvalue weighted by molar-refractivity contribution is -0.130. The minimum Gasteiger partial charge on any atom is -0.381 e. The average Bonchev–Trinajstić information content (AvgIpc) is 2.40. The molecule has 4 heteroatoms. The molecule has 0 aromatic carbocycles. The normalized spacial score (nSPS) is 34.3. The van der Waals surface area contributed by atoms with Gasteiger partial charge in [0.2, 0.25) is 5.91 Å². The van der Waals surface area contributed by atoms with Crippen LogP contribution in [0.4, 0.5) is 0 Å². The number of alkyl halides is 1. The zero-order chi connectivity index (χ0) is 12.1. The molecule has 0 spiro atoms. The summed E-state index contributed by atoms with van der Waals surface area (Å²) in [6.07, 6.45) is 6.65. The first kappa shape index (κ1) is 13.2. The molecule has 1 amide bonds. The molecule has 0 bridgehead atoms. The maximum atomic E-state index is 12.1. The Hall–Kier alpha value is -0.280. The molecule has 1 aliphatic heterocycles. The molecule has 1 N–H and O–H groups in total. The number of rotatable bonds is 3. The van der Waals surface area contributed by atoms with E-state index in [1.54, 1.807) is 0 Å². The Kier molecular flexibility index (Phi) is 5.11. The highest BCUT2D eigenvalue weighted by Gasteiger charge is 2.29. The van der Waals surface area contributed by atoms with Gasteiger partial charge in [-0.1, -0.05) is 12.8 Å². The maximum Gasteiger partial charge on any atom is 0.225 e. The van der Waals surface area contributed by atoms with E-state index in [0.29, 0.717) is 18.4 Å². The van der Waals surface area contributed by atoms with Gasteiger partial charge in [0, 0.05) is 18.5 Å². The van der Waals surface area contributed by atoms with Crippen molar-refractivity contribution in [2.45, 2.75) is 44.6 Å². The quantitative estimate of drug-likeness (QED) is 0.790. The van der Waals surface area contributed by atoms with Crippen molar-refractivity contribution < 1.29 is 9.53 Å². The van der Waals surface area contributed by atoms with Gasteiger partial charge in [0.15, 0.2) is 0 Å². The van der Waals surface area contributed by atoms with Crippen LogP contribution in [0.15, 0.2) is 0 Å². The largest absolute Gasteiger partial charge is 0.381 e. The molecule has 1 heterocycles. The van der Waals surface area contributed by atoms with Gasteiger partial charge in [-0.2, -0.15) is 0 Å². The van der Waals surface area contributed by atoms with Crippen molar-refractivity contribution in [2.75, 3.05) is 19.1 Å². The molecular formula is C13H22ClNO2. The number of hydrogen-bond acceptors (Lipinski definition) is 2. The summed E-state index contributed by atoms with van der Waals surface area (Å²) >= 11 is 5.97. The average molecular weight is 260 g/mol. The summed E-state index contributed by atoms with van der Waals surface area (Å²) in [6, 6.07) is 0.288. The molecule has 1 saturated carbocycles. The van der Waals surface area contributed by atoms with Gasteiger partial charge in [-0.15, -0.1) is 11.6 Å². The number of amides is 1. The summed E-state index contributed by atoms with van der Waals surface area (Å²) in [4.78, 5) is 12.1. The van der Waals surface area contributed by atoms with Gasteiger partial charge in [0.25, 0.3) is 0 Å². The summed E-state index contributed by atoms with van der Waals surface area (Å²) in [5.41, 5.74) is 0. The molecule has 2 fully saturated rings. The lowest BCUT2D eigenvalue weighted by Gasteiger charge is -2.32. The van der Waals surface area contributed by atoms with Gasteiger partial charge in [0.05, 0.1) is 12.5 Å². The Balaban J connectivity index is 1.83. The Morgan fingerprint density at radius 3 is 2.76 bits per heavy atom. The van der Waals surface area contributed by atoms with E-state index >= 15 is 0 Å². The van der Waals surface area contributed by atoms with Crippen LogP contribution in [0.25, 0.3) is 0 Å². The van der Waals surface area contributed by atoms with E-state index in [9.17, 15) is 4.79 Å². The highest BCUT2D eigenvalue weighted by molar-refractivity contribution is 6.18. The van der Waals surface area contributed by atoms with Crippen LogP contribution in [0.3, 0.4) is 0 Å². The number of nitrogens with one attached hydrogen (secondary N) is 1. The molecule has 3 unspecified atom stereocenters. The first-order valence-corrected chi connectivity index (χ1v) is 7.29. The van der Waals surface area contributed by atoms with Crippen molar-refractivity contribution in [1.29, 1.82) is 0 Å². The molecule has 0 aromatic heterocycles. The second-order valence-electron chi connectivity index (χ2n) is 5.23. The monoisotopic (exact) mass is 259 g/mol. The van der Waals surface area contributed by atoms with Gasteiger partial charge in [-0.3, -0.25) is 4.79 Å². The molecule has 0 aromatic rings. The minimum atomic E-state index is 0.0571. The van der Waals surface area contributed by atoms with Crippen molar-refractivity contribution in [3.05, 3.63) is 0 Å². The predicted octanol–water partition coefficient (Wildman–Crippen LogP) is 2.33. The molecule has 1 aliphatic carbocycles. The zero-order valence-corrected chi connectivity index (χ0v) is 11.0.